The molecule has 2 heterocycles. The number of ether oxygens (including phenoxy) is 1. The van der Waals surface area contributed by atoms with Gasteiger partial charge in [-0.05, 0) is 62.1 Å². The SMILES string of the molecule is CC#CC(=O)N1CC2(CC(Nc3ncncc3C(=N)c3ccc(Oc4ccccc4)cc3)C2)C1. The molecule has 0 radical (unpaired) electrons. The maximum Gasteiger partial charge on any atom is 0.298 e. The summed E-state index contributed by atoms with van der Waals surface area (Å²) in [5.74, 6) is 7.33. The van der Waals surface area contributed by atoms with Crippen molar-refractivity contribution in [1.82, 2.24) is 14.9 Å². The molecule has 2 N–H and O–H groups in total. The Bertz CT molecular complexity index is 1260. The second kappa shape index (κ2) is 8.99. The molecule has 1 spiro atoms. The summed E-state index contributed by atoms with van der Waals surface area (Å²) in [6.07, 6.45) is 5.11. The topological polar surface area (TPSA) is 91.2 Å². The first-order valence-corrected chi connectivity index (χ1v) is 11.3. The highest BCUT2D eigenvalue weighted by Crippen LogP contribution is 2.49. The highest BCUT2D eigenvalue weighted by Gasteiger charge is 2.53. The summed E-state index contributed by atoms with van der Waals surface area (Å²) in [5.41, 5.74) is 1.96. The van der Waals surface area contributed by atoms with Crippen LogP contribution in [0.3, 0.4) is 0 Å². The Hall–Kier alpha value is -4.18. The summed E-state index contributed by atoms with van der Waals surface area (Å²) in [4.78, 5) is 22.2. The Morgan fingerprint density at radius 2 is 1.82 bits per heavy atom. The van der Waals surface area contributed by atoms with E-state index in [0.717, 1.165) is 37.2 Å². The third-order valence-corrected chi connectivity index (χ3v) is 6.37. The Labute approximate surface area is 198 Å². The van der Waals surface area contributed by atoms with Gasteiger partial charge in [-0.2, -0.15) is 0 Å². The van der Waals surface area contributed by atoms with Crippen molar-refractivity contribution in [2.45, 2.75) is 25.8 Å². The van der Waals surface area contributed by atoms with Crippen molar-refractivity contribution < 1.29 is 9.53 Å². The fraction of sp³-hybridized carbons (Fsp3) is 0.259. The molecule has 7 nitrogen and oxygen atoms in total. The summed E-state index contributed by atoms with van der Waals surface area (Å²) in [5, 5.41) is 12.2. The van der Waals surface area contributed by atoms with Crippen LogP contribution in [-0.4, -0.2) is 45.6 Å². The molecular weight excluding hydrogens is 426 g/mol. The Kier molecular flexibility index (Phi) is 5.72. The maximum atomic E-state index is 11.9. The van der Waals surface area contributed by atoms with Crippen molar-refractivity contribution in [1.29, 1.82) is 5.41 Å². The lowest BCUT2D eigenvalue weighted by Gasteiger charge is -2.58. The van der Waals surface area contributed by atoms with Gasteiger partial charge in [0.2, 0.25) is 0 Å². The van der Waals surface area contributed by atoms with Crippen molar-refractivity contribution in [3.63, 3.8) is 0 Å². The number of likely N-dealkylation sites (tertiary alicyclic amines) is 1. The molecule has 3 aromatic rings. The number of benzene rings is 2. The molecule has 34 heavy (non-hydrogen) atoms. The van der Waals surface area contributed by atoms with Gasteiger partial charge >= 0.3 is 0 Å². The zero-order chi connectivity index (χ0) is 23.5. The molecule has 0 bridgehead atoms. The van der Waals surface area contributed by atoms with Gasteiger partial charge in [0.1, 0.15) is 23.6 Å². The second-order valence-electron chi connectivity index (χ2n) is 8.89. The highest BCUT2D eigenvalue weighted by atomic mass is 16.5. The van der Waals surface area contributed by atoms with Crippen LogP contribution in [0.15, 0.2) is 67.1 Å². The first-order valence-electron chi connectivity index (χ1n) is 11.3. The van der Waals surface area contributed by atoms with Crippen LogP contribution in [0.1, 0.15) is 30.9 Å². The molecule has 2 aliphatic rings. The standard InChI is InChI=1S/C27H25N5O2/c1-2-6-24(33)32-16-27(17-32)13-20(14-27)31-26-23(15-29-18-30-26)25(28)19-9-11-22(12-10-19)34-21-7-4-3-5-8-21/h3-5,7-12,15,18,20,28H,13-14,16-17H2,1H3,(H,29,30,31). The molecule has 2 fully saturated rings. The number of carbonyl (C=O) groups is 1. The predicted molar refractivity (Wildman–Crippen MR) is 130 cm³/mol. The lowest BCUT2D eigenvalue weighted by molar-refractivity contribution is -0.144. The van der Waals surface area contributed by atoms with Gasteiger partial charge in [-0.3, -0.25) is 10.2 Å². The molecule has 170 valence electrons. The normalized spacial score (nSPS) is 16.0. The molecular formula is C27H25N5O2. The third-order valence-electron chi connectivity index (χ3n) is 6.37. The van der Waals surface area contributed by atoms with Crippen molar-refractivity contribution in [3.8, 4) is 23.3 Å². The number of anilines is 1. The second-order valence-corrected chi connectivity index (χ2v) is 8.89. The van der Waals surface area contributed by atoms with Gasteiger partial charge in [-0.15, -0.1) is 0 Å². The molecule has 5 rings (SSSR count). The average Bonchev–Trinajstić information content (AvgIpc) is 2.81. The van der Waals surface area contributed by atoms with E-state index < -0.39 is 0 Å². The molecule has 1 aliphatic heterocycles. The number of amides is 1. The van der Waals surface area contributed by atoms with E-state index in [0.29, 0.717) is 22.8 Å². The fourth-order valence-corrected chi connectivity index (χ4v) is 4.73. The number of hydrogen-bond acceptors (Lipinski definition) is 6. The number of nitrogens with zero attached hydrogens (tertiary/aromatic N) is 3. The molecule has 0 atom stereocenters. The summed E-state index contributed by atoms with van der Waals surface area (Å²) >= 11 is 0. The third kappa shape index (κ3) is 4.35. The molecule has 1 aliphatic carbocycles. The monoisotopic (exact) mass is 451 g/mol. The van der Waals surface area contributed by atoms with Gasteiger partial charge in [0, 0.05) is 36.3 Å². The molecule has 1 saturated heterocycles. The summed E-state index contributed by atoms with van der Waals surface area (Å²) < 4.78 is 5.85. The highest BCUT2D eigenvalue weighted by molar-refractivity contribution is 6.13. The lowest BCUT2D eigenvalue weighted by atomic mass is 9.60. The minimum atomic E-state index is -0.0868. The van der Waals surface area contributed by atoms with Crippen LogP contribution in [0.4, 0.5) is 5.82 Å². The van der Waals surface area contributed by atoms with Gasteiger partial charge < -0.3 is 15.0 Å². The van der Waals surface area contributed by atoms with Gasteiger partial charge in [-0.1, -0.05) is 24.1 Å². The number of hydrogen-bond donors (Lipinski definition) is 2. The van der Waals surface area contributed by atoms with Crippen LogP contribution in [0, 0.1) is 22.7 Å². The number of rotatable bonds is 6. The number of carbonyl (C=O) groups excluding carboxylic acids is 1. The number of para-hydroxylation sites is 1. The average molecular weight is 452 g/mol. The Balaban J connectivity index is 1.21. The zero-order valence-corrected chi connectivity index (χ0v) is 18.9. The molecule has 1 aromatic heterocycles. The van der Waals surface area contributed by atoms with Crippen LogP contribution >= 0.6 is 0 Å². The lowest BCUT2D eigenvalue weighted by Crippen LogP contribution is -2.66. The first kappa shape index (κ1) is 21.7. The molecule has 0 unspecified atom stereocenters. The van der Waals surface area contributed by atoms with Gasteiger partial charge in [0.25, 0.3) is 5.91 Å². The van der Waals surface area contributed by atoms with E-state index in [2.05, 4.69) is 27.1 Å². The fourth-order valence-electron chi connectivity index (χ4n) is 4.73. The van der Waals surface area contributed by atoms with Crippen molar-refractivity contribution in [2.24, 2.45) is 5.41 Å². The van der Waals surface area contributed by atoms with E-state index in [-0.39, 0.29) is 17.4 Å². The Morgan fingerprint density at radius 3 is 2.53 bits per heavy atom. The van der Waals surface area contributed by atoms with Gasteiger partial charge in [0.15, 0.2) is 0 Å². The molecule has 1 amide bonds. The number of nitrogens with one attached hydrogen (secondary N) is 2. The minimum absolute atomic E-state index is 0.0868. The molecule has 7 heteroatoms. The minimum Gasteiger partial charge on any atom is -0.457 e. The summed E-state index contributed by atoms with van der Waals surface area (Å²) in [6, 6.07) is 17.3. The van der Waals surface area contributed by atoms with Crippen LogP contribution in [0.5, 0.6) is 11.5 Å². The van der Waals surface area contributed by atoms with Crippen LogP contribution in [0.25, 0.3) is 0 Å². The van der Waals surface area contributed by atoms with Crippen LogP contribution in [-0.2, 0) is 4.79 Å². The number of aromatic nitrogens is 2. The maximum absolute atomic E-state index is 11.9. The van der Waals surface area contributed by atoms with Gasteiger partial charge in [0.05, 0.1) is 11.3 Å². The zero-order valence-electron chi connectivity index (χ0n) is 18.9. The van der Waals surface area contributed by atoms with Crippen LogP contribution < -0.4 is 10.1 Å². The largest absolute Gasteiger partial charge is 0.457 e. The first-order chi connectivity index (χ1) is 16.5. The van der Waals surface area contributed by atoms with E-state index in [1.165, 1.54) is 6.33 Å². The van der Waals surface area contributed by atoms with Gasteiger partial charge in [-0.25, -0.2) is 9.97 Å². The molecule has 1 saturated carbocycles. The van der Waals surface area contributed by atoms with Crippen molar-refractivity contribution in [2.75, 3.05) is 18.4 Å². The smallest absolute Gasteiger partial charge is 0.298 e. The summed E-state index contributed by atoms with van der Waals surface area (Å²) in [6.45, 7) is 3.21. The van der Waals surface area contributed by atoms with E-state index in [1.807, 2.05) is 59.5 Å². The van der Waals surface area contributed by atoms with Crippen LogP contribution in [0.2, 0.25) is 0 Å². The summed E-state index contributed by atoms with van der Waals surface area (Å²) in [7, 11) is 0. The van der Waals surface area contributed by atoms with E-state index in [1.54, 1.807) is 13.1 Å². The van der Waals surface area contributed by atoms with Crippen molar-refractivity contribution >= 4 is 17.4 Å². The van der Waals surface area contributed by atoms with E-state index in [4.69, 9.17) is 10.1 Å². The van der Waals surface area contributed by atoms with E-state index >= 15 is 0 Å². The van der Waals surface area contributed by atoms with E-state index in [9.17, 15) is 4.79 Å². The Morgan fingerprint density at radius 1 is 1.12 bits per heavy atom. The quantitative estimate of drug-likeness (QED) is 0.435. The van der Waals surface area contributed by atoms with Crippen molar-refractivity contribution in [3.05, 3.63) is 78.2 Å². The molecule has 2 aromatic carbocycles. The predicted octanol–water partition coefficient (Wildman–Crippen LogP) is 4.11.